The number of aromatic nitrogens is 4. The Morgan fingerprint density at radius 2 is 2.12 bits per heavy atom. The molecule has 0 bridgehead atoms. The first-order chi connectivity index (χ1) is 7.99. The summed E-state index contributed by atoms with van der Waals surface area (Å²) >= 11 is 0. The normalized spacial score (nSPS) is 13.0. The first-order valence-corrected chi connectivity index (χ1v) is 5.76. The minimum absolute atomic E-state index is 0.0256. The highest BCUT2D eigenvalue weighted by Gasteiger charge is 2.14. The second-order valence-electron chi connectivity index (χ2n) is 4.55. The molecule has 2 N–H and O–H groups in total. The predicted molar refractivity (Wildman–Crippen MR) is 66.6 cm³/mol. The summed E-state index contributed by atoms with van der Waals surface area (Å²) in [6, 6.07) is 0.0256. The van der Waals surface area contributed by atoms with Crippen molar-refractivity contribution in [1.29, 1.82) is 0 Å². The van der Waals surface area contributed by atoms with E-state index >= 15 is 0 Å². The summed E-state index contributed by atoms with van der Waals surface area (Å²) in [7, 11) is 1.91. The minimum atomic E-state index is 0.0256. The van der Waals surface area contributed by atoms with Crippen molar-refractivity contribution in [3.63, 3.8) is 0 Å². The van der Waals surface area contributed by atoms with Gasteiger partial charge in [0.2, 0.25) is 0 Å². The third kappa shape index (κ3) is 2.24. The fourth-order valence-corrected chi connectivity index (χ4v) is 2.25. The van der Waals surface area contributed by atoms with E-state index in [1.807, 2.05) is 38.0 Å². The molecule has 0 radical (unpaired) electrons. The molecule has 0 aliphatic carbocycles. The lowest BCUT2D eigenvalue weighted by Crippen LogP contribution is -2.08. The third-order valence-electron chi connectivity index (χ3n) is 2.98. The van der Waals surface area contributed by atoms with Crippen LogP contribution in [-0.4, -0.2) is 19.6 Å². The van der Waals surface area contributed by atoms with Crippen molar-refractivity contribution in [2.24, 2.45) is 12.8 Å². The number of nitrogens with two attached hydrogens (primary N) is 1. The Balaban J connectivity index is 2.31. The number of nitrogens with zero attached hydrogens (tertiary/aromatic N) is 4. The summed E-state index contributed by atoms with van der Waals surface area (Å²) in [5.74, 6) is 0. The van der Waals surface area contributed by atoms with E-state index < -0.39 is 0 Å². The quantitative estimate of drug-likeness (QED) is 0.869. The lowest BCUT2D eigenvalue weighted by atomic mass is 10.1. The minimum Gasteiger partial charge on any atom is -0.324 e. The lowest BCUT2D eigenvalue weighted by Gasteiger charge is -2.06. The van der Waals surface area contributed by atoms with Gasteiger partial charge in [0.05, 0.1) is 18.4 Å². The van der Waals surface area contributed by atoms with Gasteiger partial charge in [0.1, 0.15) is 0 Å². The summed E-state index contributed by atoms with van der Waals surface area (Å²) in [6.45, 7) is 6.80. The van der Waals surface area contributed by atoms with Gasteiger partial charge in [-0.3, -0.25) is 9.36 Å². The molecule has 1 unspecified atom stereocenters. The van der Waals surface area contributed by atoms with Crippen LogP contribution in [0, 0.1) is 13.8 Å². The summed E-state index contributed by atoms with van der Waals surface area (Å²) in [6.07, 6.45) is 3.87. The summed E-state index contributed by atoms with van der Waals surface area (Å²) in [4.78, 5) is 0. The molecule has 0 aliphatic heterocycles. The van der Waals surface area contributed by atoms with Gasteiger partial charge in [-0.15, -0.1) is 0 Å². The van der Waals surface area contributed by atoms with Crippen molar-refractivity contribution in [2.75, 3.05) is 0 Å². The zero-order chi connectivity index (χ0) is 12.6. The van der Waals surface area contributed by atoms with E-state index in [1.165, 1.54) is 0 Å². The molecule has 0 saturated heterocycles. The van der Waals surface area contributed by atoms with Crippen molar-refractivity contribution < 1.29 is 0 Å². The molecular formula is C12H19N5. The fourth-order valence-electron chi connectivity index (χ4n) is 2.25. The topological polar surface area (TPSA) is 61.7 Å². The van der Waals surface area contributed by atoms with Crippen LogP contribution in [0.25, 0.3) is 0 Å². The van der Waals surface area contributed by atoms with Gasteiger partial charge in [-0.1, -0.05) is 0 Å². The molecule has 5 heteroatoms. The van der Waals surface area contributed by atoms with Gasteiger partial charge in [0.25, 0.3) is 0 Å². The van der Waals surface area contributed by atoms with E-state index in [9.17, 15) is 0 Å². The number of aryl methyl sites for hydroxylation is 2. The number of hydrogen-bond donors (Lipinski definition) is 1. The molecule has 0 aromatic carbocycles. The third-order valence-corrected chi connectivity index (χ3v) is 2.98. The van der Waals surface area contributed by atoms with Crippen molar-refractivity contribution >= 4 is 0 Å². The van der Waals surface area contributed by atoms with E-state index in [2.05, 4.69) is 17.1 Å². The van der Waals surface area contributed by atoms with Gasteiger partial charge in [0.15, 0.2) is 0 Å². The maximum absolute atomic E-state index is 5.96. The summed E-state index contributed by atoms with van der Waals surface area (Å²) in [5.41, 5.74) is 10.4. The van der Waals surface area contributed by atoms with Crippen molar-refractivity contribution in [2.45, 2.75) is 33.4 Å². The van der Waals surface area contributed by atoms with Crippen molar-refractivity contribution in [3.8, 4) is 0 Å². The molecule has 0 fully saturated rings. The zero-order valence-electron chi connectivity index (χ0n) is 10.8. The van der Waals surface area contributed by atoms with Crippen LogP contribution in [0.5, 0.6) is 0 Å². The molecule has 0 spiro atoms. The largest absolute Gasteiger partial charge is 0.324 e. The molecule has 2 aromatic heterocycles. The first-order valence-electron chi connectivity index (χ1n) is 5.76. The van der Waals surface area contributed by atoms with Gasteiger partial charge in [-0.2, -0.15) is 10.2 Å². The summed E-state index contributed by atoms with van der Waals surface area (Å²) in [5, 5.41) is 8.69. The van der Waals surface area contributed by atoms with Crippen molar-refractivity contribution in [3.05, 3.63) is 34.9 Å². The molecule has 2 heterocycles. The molecule has 0 amide bonds. The first kappa shape index (κ1) is 11.9. The monoisotopic (exact) mass is 233 g/mol. The Kier molecular flexibility index (Phi) is 3.02. The maximum Gasteiger partial charge on any atom is 0.0693 e. The molecule has 1 atom stereocenters. The highest BCUT2D eigenvalue weighted by Crippen LogP contribution is 2.20. The van der Waals surface area contributed by atoms with E-state index in [-0.39, 0.29) is 6.04 Å². The van der Waals surface area contributed by atoms with Crippen LogP contribution >= 0.6 is 0 Å². The smallest absolute Gasteiger partial charge is 0.0693 e. The standard InChI is InChI=1S/C12H19N5/c1-8(13)12-9(2)15-17(10(12)3)7-11-5-14-16(4)6-11/h5-6,8H,7,13H2,1-4H3. The van der Waals surface area contributed by atoms with Crippen LogP contribution in [0.4, 0.5) is 0 Å². The molecular weight excluding hydrogens is 214 g/mol. The molecule has 5 nitrogen and oxygen atoms in total. The van der Waals surface area contributed by atoms with Crippen LogP contribution in [0.3, 0.4) is 0 Å². The Hall–Kier alpha value is -1.62. The highest BCUT2D eigenvalue weighted by atomic mass is 15.3. The molecule has 2 aromatic rings. The molecule has 92 valence electrons. The molecule has 17 heavy (non-hydrogen) atoms. The number of rotatable bonds is 3. The van der Waals surface area contributed by atoms with Crippen LogP contribution < -0.4 is 5.73 Å². The predicted octanol–water partition coefficient (Wildman–Crippen LogP) is 1.30. The Bertz CT molecular complexity index is 521. The van der Waals surface area contributed by atoms with E-state index in [0.717, 1.165) is 29.1 Å². The SMILES string of the molecule is Cc1nn(Cc2cnn(C)c2)c(C)c1C(C)N. The molecule has 2 rings (SSSR count). The second-order valence-corrected chi connectivity index (χ2v) is 4.55. The van der Waals surface area contributed by atoms with Gasteiger partial charge < -0.3 is 5.73 Å². The van der Waals surface area contributed by atoms with Crippen LogP contribution in [0.1, 0.15) is 35.5 Å². The fraction of sp³-hybridized carbons (Fsp3) is 0.500. The number of hydrogen-bond acceptors (Lipinski definition) is 3. The Morgan fingerprint density at radius 1 is 1.41 bits per heavy atom. The molecule has 0 aliphatic rings. The van der Waals surface area contributed by atoms with Crippen LogP contribution in [0.15, 0.2) is 12.4 Å². The maximum atomic E-state index is 5.96. The van der Waals surface area contributed by atoms with Gasteiger partial charge in [-0.25, -0.2) is 0 Å². The summed E-state index contributed by atoms with van der Waals surface area (Å²) < 4.78 is 3.79. The Morgan fingerprint density at radius 3 is 2.59 bits per heavy atom. The highest BCUT2D eigenvalue weighted by molar-refractivity contribution is 5.28. The van der Waals surface area contributed by atoms with Crippen LogP contribution in [-0.2, 0) is 13.6 Å². The average Bonchev–Trinajstić information content (AvgIpc) is 2.73. The van der Waals surface area contributed by atoms with Crippen molar-refractivity contribution in [1.82, 2.24) is 19.6 Å². The Labute approximate surface area is 101 Å². The van der Waals surface area contributed by atoms with E-state index in [0.29, 0.717) is 0 Å². The van der Waals surface area contributed by atoms with E-state index in [4.69, 9.17) is 5.73 Å². The van der Waals surface area contributed by atoms with Gasteiger partial charge in [0, 0.05) is 36.1 Å². The average molecular weight is 233 g/mol. The van der Waals surface area contributed by atoms with Gasteiger partial charge >= 0.3 is 0 Å². The zero-order valence-corrected chi connectivity index (χ0v) is 10.8. The molecule has 0 saturated carbocycles. The lowest BCUT2D eigenvalue weighted by molar-refractivity contribution is 0.655. The second kappa shape index (κ2) is 4.33. The van der Waals surface area contributed by atoms with Crippen LogP contribution in [0.2, 0.25) is 0 Å². The van der Waals surface area contributed by atoms with Gasteiger partial charge in [-0.05, 0) is 20.8 Å². The van der Waals surface area contributed by atoms with E-state index in [1.54, 1.807) is 4.68 Å².